The van der Waals surface area contributed by atoms with Gasteiger partial charge in [-0.25, -0.2) is 0 Å². The van der Waals surface area contributed by atoms with Crippen LogP contribution >= 0.6 is 0 Å². The lowest BCUT2D eigenvalue weighted by Crippen LogP contribution is -1.96. The van der Waals surface area contributed by atoms with Crippen LogP contribution in [0.5, 0.6) is 0 Å². The zero-order valence-corrected chi connectivity index (χ0v) is 26.1. The minimum absolute atomic E-state index is 1.16. The summed E-state index contributed by atoms with van der Waals surface area (Å²) >= 11 is 0. The summed E-state index contributed by atoms with van der Waals surface area (Å²) in [5, 5.41) is 7.73. The highest BCUT2D eigenvalue weighted by atomic mass is 15.0. The van der Waals surface area contributed by atoms with E-state index in [1.807, 2.05) is 0 Å². The fourth-order valence-corrected chi connectivity index (χ4v) is 8.43. The van der Waals surface area contributed by atoms with E-state index in [1.54, 1.807) is 0 Å². The summed E-state index contributed by atoms with van der Waals surface area (Å²) < 4.78 is 4.82. The van der Waals surface area contributed by atoms with Crippen LogP contribution in [0.1, 0.15) is 0 Å². The standard InChI is InChI=1S/C46H28N2/c1-2-11-34-33(10-1)39-16-9-15-38-32(25-26-40(34)46(38)39)29-20-22-30(23-21-29)47-44-19-8-5-14-37(44)41-28-31(24-27-45(41)47)48-42-17-6-3-12-35(42)36-13-4-7-18-43(36)48/h1-28H. The van der Waals surface area contributed by atoms with Gasteiger partial charge in [-0.05, 0) is 92.7 Å². The maximum atomic E-state index is 2.41. The molecule has 2 heterocycles. The van der Waals surface area contributed by atoms with Gasteiger partial charge < -0.3 is 9.13 Å². The van der Waals surface area contributed by atoms with E-state index in [2.05, 4.69) is 179 Å². The normalized spacial score (nSPS) is 12.2. The highest BCUT2D eigenvalue weighted by Crippen LogP contribution is 2.49. The van der Waals surface area contributed by atoms with Gasteiger partial charge >= 0.3 is 0 Å². The molecule has 0 saturated heterocycles. The van der Waals surface area contributed by atoms with Gasteiger partial charge in [0, 0.05) is 32.9 Å². The van der Waals surface area contributed by atoms with Gasteiger partial charge in [-0.1, -0.05) is 121 Å². The van der Waals surface area contributed by atoms with E-state index in [1.165, 1.54) is 93.5 Å². The summed E-state index contributed by atoms with van der Waals surface area (Å²) in [6, 6.07) is 62.4. The van der Waals surface area contributed by atoms with Crippen molar-refractivity contribution in [1.29, 1.82) is 0 Å². The average molecular weight is 609 g/mol. The van der Waals surface area contributed by atoms with Crippen molar-refractivity contribution in [3.05, 3.63) is 170 Å². The Balaban J connectivity index is 1.07. The van der Waals surface area contributed by atoms with Crippen molar-refractivity contribution >= 4 is 54.4 Å². The Morgan fingerprint density at radius 2 is 0.729 bits per heavy atom. The Hall–Kier alpha value is -6.38. The fraction of sp³-hybridized carbons (Fsp3) is 0. The van der Waals surface area contributed by atoms with Crippen LogP contribution in [0, 0.1) is 0 Å². The highest BCUT2D eigenvalue weighted by Gasteiger charge is 2.22. The molecule has 1 aliphatic rings. The smallest absolute Gasteiger partial charge is 0.0542 e. The number of hydrogen-bond donors (Lipinski definition) is 0. The predicted octanol–water partition coefficient (Wildman–Crippen LogP) is 12.3. The maximum absolute atomic E-state index is 2.41. The first-order valence-corrected chi connectivity index (χ1v) is 16.6. The molecule has 0 amide bonds. The Morgan fingerprint density at radius 1 is 0.271 bits per heavy atom. The summed E-state index contributed by atoms with van der Waals surface area (Å²) in [6.45, 7) is 0. The number of fused-ring (bicyclic) bond motifs is 9. The number of rotatable bonds is 3. The van der Waals surface area contributed by atoms with Crippen LogP contribution in [-0.4, -0.2) is 9.13 Å². The molecule has 8 aromatic carbocycles. The molecule has 0 fully saturated rings. The fourth-order valence-electron chi connectivity index (χ4n) is 8.43. The molecule has 0 atom stereocenters. The number of hydrogen-bond acceptors (Lipinski definition) is 0. The van der Waals surface area contributed by atoms with Gasteiger partial charge in [0.1, 0.15) is 0 Å². The topological polar surface area (TPSA) is 9.86 Å². The first kappa shape index (κ1) is 25.8. The number of para-hydroxylation sites is 3. The van der Waals surface area contributed by atoms with Crippen molar-refractivity contribution < 1.29 is 0 Å². The Labute approximate surface area is 277 Å². The zero-order valence-electron chi connectivity index (χ0n) is 26.1. The molecular formula is C46H28N2. The number of nitrogens with zero attached hydrogens (tertiary/aromatic N) is 2. The van der Waals surface area contributed by atoms with Crippen LogP contribution in [0.25, 0.3) is 99.1 Å². The van der Waals surface area contributed by atoms with Crippen molar-refractivity contribution in [1.82, 2.24) is 9.13 Å². The van der Waals surface area contributed by atoms with Gasteiger partial charge in [-0.15, -0.1) is 0 Å². The van der Waals surface area contributed by atoms with Gasteiger partial charge in [-0.2, -0.15) is 0 Å². The molecule has 1 aliphatic carbocycles. The third-order valence-electron chi connectivity index (χ3n) is 10.5. The third-order valence-corrected chi connectivity index (χ3v) is 10.5. The van der Waals surface area contributed by atoms with Crippen molar-refractivity contribution in [2.24, 2.45) is 0 Å². The molecule has 2 aromatic heterocycles. The Bertz CT molecular complexity index is 2850. The van der Waals surface area contributed by atoms with Crippen molar-refractivity contribution in [3.63, 3.8) is 0 Å². The second kappa shape index (κ2) is 9.57. The van der Waals surface area contributed by atoms with Gasteiger partial charge in [-0.3, -0.25) is 0 Å². The number of aromatic nitrogens is 2. The minimum atomic E-state index is 1.16. The quantitative estimate of drug-likeness (QED) is 0.189. The molecule has 0 radical (unpaired) electrons. The van der Waals surface area contributed by atoms with Gasteiger partial charge in [0.05, 0.1) is 22.1 Å². The van der Waals surface area contributed by atoms with Crippen molar-refractivity contribution in [2.75, 3.05) is 0 Å². The summed E-state index contributed by atoms with van der Waals surface area (Å²) in [5.41, 5.74) is 15.0. The molecule has 0 unspecified atom stereocenters. The first-order valence-electron chi connectivity index (χ1n) is 16.6. The van der Waals surface area contributed by atoms with Gasteiger partial charge in [0.2, 0.25) is 0 Å². The molecule has 10 aromatic rings. The van der Waals surface area contributed by atoms with Crippen molar-refractivity contribution in [2.45, 2.75) is 0 Å². The largest absolute Gasteiger partial charge is 0.309 e. The lowest BCUT2D eigenvalue weighted by atomic mass is 9.94. The van der Waals surface area contributed by atoms with Crippen molar-refractivity contribution in [3.8, 4) is 44.8 Å². The molecule has 48 heavy (non-hydrogen) atoms. The molecule has 0 N–H and O–H groups in total. The third kappa shape index (κ3) is 3.41. The Kier molecular flexibility index (Phi) is 5.14. The van der Waals surface area contributed by atoms with Crippen LogP contribution < -0.4 is 0 Å². The SMILES string of the molecule is c1ccc2c(c1)-c1cccc3c(-c4ccc(-n5c6ccccc6c6cc(-n7c8ccccc8c8ccccc87)ccc65)cc4)ccc-2c13. The predicted molar refractivity (Wildman–Crippen MR) is 202 cm³/mol. The van der Waals surface area contributed by atoms with Crippen LogP contribution in [0.15, 0.2) is 170 Å². The second-order valence-corrected chi connectivity index (χ2v) is 12.9. The van der Waals surface area contributed by atoms with E-state index in [0.717, 1.165) is 5.69 Å². The summed E-state index contributed by atoms with van der Waals surface area (Å²) in [5.74, 6) is 0. The summed E-state index contributed by atoms with van der Waals surface area (Å²) in [7, 11) is 0. The molecule has 0 spiro atoms. The Morgan fingerprint density at radius 3 is 1.40 bits per heavy atom. The first-order chi connectivity index (χ1) is 23.8. The molecule has 2 nitrogen and oxygen atoms in total. The van der Waals surface area contributed by atoms with E-state index >= 15 is 0 Å². The maximum Gasteiger partial charge on any atom is 0.0542 e. The van der Waals surface area contributed by atoms with E-state index in [-0.39, 0.29) is 0 Å². The van der Waals surface area contributed by atoms with E-state index in [0.29, 0.717) is 0 Å². The van der Waals surface area contributed by atoms with Crippen LogP contribution in [0.4, 0.5) is 0 Å². The number of benzene rings is 8. The second-order valence-electron chi connectivity index (χ2n) is 12.9. The molecule has 0 saturated carbocycles. The molecule has 0 bridgehead atoms. The molecule has 222 valence electrons. The molecule has 2 heteroatoms. The van der Waals surface area contributed by atoms with Crippen LogP contribution in [0.2, 0.25) is 0 Å². The van der Waals surface area contributed by atoms with Crippen LogP contribution in [-0.2, 0) is 0 Å². The van der Waals surface area contributed by atoms with Gasteiger partial charge in [0.25, 0.3) is 0 Å². The zero-order chi connectivity index (χ0) is 31.3. The highest BCUT2D eigenvalue weighted by molar-refractivity contribution is 6.19. The van der Waals surface area contributed by atoms with E-state index in [9.17, 15) is 0 Å². The summed E-state index contributed by atoms with van der Waals surface area (Å²) in [4.78, 5) is 0. The molecule has 11 rings (SSSR count). The average Bonchev–Trinajstić information content (AvgIpc) is 3.79. The van der Waals surface area contributed by atoms with Crippen LogP contribution in [0.3, 0.4) is 0 Å². The lowest BCUT2D eigenvalue weighted by molar-refractivity contribution is 1.17. The molecule has 0 aliphatic heterocycles. The monoisotopic (exact) mass is 608 g/mol. The van der Waals surface area contributed by atoms with E-state index < -0.39 is 0 Å². The summed E-state index contributed by atoms with van der Waals surface area (Å²) in [6.07, 6.45) is 0. The molecular weight excluding hydrogens is 581 g/mol. The van der Waals surface area contributed by atoms with Gasteiger partial charge in [0.15, 0.2) is 0 Å². The lowest BCUT2D eigenvalue weighted by Gasteiger charge is -2.12. The minimum Gasteiger partial charge on any atom is -0.309 e. The van der Waals surface area contributed by atoms with E-state index in [4.69, 9.17) is 0 Å².